The number of aliphatic hydroxyl groups is 3. The number of aliphatic hydroxyl groups excluding tert-OH is 3. The summed E-state index contributed by atoms with van der Waals surface area (Å²) in [6.45, 7) is 12.4. The molecule has 0 saturated heterocycles. The highest BCUT2D eigenvalue weighted by Crippen LogP contribution is 2.63. The molecule has 3 aliphatic carbocycles. The molecule has 0 bridgehead atoms. The van der Waals surface area contributed by atoms with Crippen LogP contribution in [0.15, 0.2) is 24.3 Å². The fourth-order valence-corrected chi connectivity index (χ4v) is 6.01. The molecule has 0 aromatic rings. The Hall–Kier alpha value is -0.640. The Balaban J connectivity index is 2.09. The van der Waals surface area contributed by atoms with Gasteiger partial charge in [-0.25, -0.2) is 0 Å². The van der Waals surface area contributed by atoms with Gasteiger partial charge in [-0.3, -0.25) is 0 Å². The Morgan fingerprint density at radius 2 is 1.78 bits per heavy atom. The molecule has 3 heteroatoms. The number of hydrogen-bond donors (Lipinski definition) is 3. The van der Waals surface area contributed by atoms with Crippen molar-refractivity contribution >= 4 is 0 Å². The summed E-state index contributed by atoms with van der Waals surface area (Å²) in [6, 6.07) is 0. The Kier molecular flexibility index (Phi) is 3.87. The molecule has 2 saturated carbocycles. The van der Waals surface area contributed by atoms with Crippen LogP contribution in [0, 0.1) is 28.1 Å². The maximum atomic E-state index is 10.9. The molecular formula is C20H32O3. The van der Waals surface area contributed by atoms with Crippen molar-refractivity contribution in [2.75, 3.05) is 0 Å². The molecule has 7 atom stereocenters. The summed E-state index contributed by atoms with van der Waals surface area (Å²) >= 11 is 0. The smallest absolute Gasteiger partial charge is 0.0628 e. The van der Waals surface area contributed by atoms with Crippen LogP contribution in [-0.4, -0.2) is 33.6 Å². The van der Waals surface area contributed by atoms with E-state index >= 15 is 0 Å². The first kappa shape index (κ1) is 17.2. The van der Waals surface area contributed by atoms with Crippen LogP contribution in [0.25, 0.3) is 0 Å². The first-order valence-electron chi connectivity index (χ1n) is 8.95. The number of hydrogen-bond acceptors (Lipinski definition) is 3. The van der Waals surface area contributed by atoms with Crippen LogP contribution < -0.4 is 0 Å². The minimum atomic E-state index is -0.577. The molecule has 0 amide bonds. The molecule has 2 fully saturated rings. The SMILES string of the molecule is C=C[C@]1(C)C=C2C[C@@H](O)[C@H]3C(C)(C)[C@H](O)C[C@H](O)[C@]3(C)[C@H]2CC1. The second-order valence-corrected chi connectivity index (χ2v) is 9.22. The normalized spacial score (nSPS) is 52.1. The van der Waals surface area contributed by atoms with E-state index in [9.17, 15) is 15.3 Å². The second-order valence-electron chi connectivity index (χ2n) is 9.22. The Labute approximate surface area is 140 Å². The van der Waals surface area contributed by atoms with Gasteiger partial charge < -0.3 is 15.3 Å². The molecule has 0 spiro atoms. The van der Waals surface area contributed by atoms with Crippen LogP contribution in [0.5, 0.6) is 0 Å². The van der Waals surface area contributed by atoms with Crippen molar-refractivity contribution < 1.29 is 15.3 Å². The van der Waals surface area contributed by atoms with E-state index in [0.717, 1.165) is 12.8 Å². The van der Waals surface area contributed by atoms with E-state index in [4.69, 9.17) is 0 Å². The van der Waals surface area contributed by atoms with E-state index in [1.807, 2.05) is 19.9 Å². The first-order valence-corrected chi connectivity index (χ1v) is 8.95. The topological polar surface area (TPSA) is 60.7 Å². The van der Waals surface area contributed by atoms with E-state index in [0.29, 0.717) is 12.8 Å². The largest absolute Gasteiger partial charge is 0.392 e. The van der Waals surface area contributed by atoms with Gasteiger partial charge in [0.25, 0.3) is 0 Å². The summed E-state index contributed by atoms with van der Waals surface area (Å²) in [5.41, 5.74) is 0.493. The Morgan fingerprint density at radius 3 is 2.39 bits per heavy atom. The van der Waals surface area contributed by atoms with Crippen molar-refractivity contribution in [2.24, 2.45) is 28.1 Å². The van der Waals surface area contributed by atoms with Gasteiger partial charge in [-0.15, -0.1) is 6.58 Å². The third-order valence-electron chi connectivity index (χ3n) is 7.48. The summed E-state index contributed by atoms with van der Waals surface area (Å²) in [7, 11) is 0. The quantitative estimate of drug-likeness (QED) is 0.651. The summed E-state index contributed by atoms with van der Waals surface area (Å²) in [5.74, 6) is 0.190. The van der Waals surface area contributed by atoms with Gasteiger partial charge in [0, 0.05) is 23.2 Å². The van der Waals surface area contributed by atoms with Gasteiger partial charge in [0.1, 0.15) is 0 Å². The monoisotopic (exact) mass is 320 g/mol. The molecule has 3 nitrogen and oxygen atoms in total. The molecule has 3 aliphatic rings. The first-order chi connectivity index (χ1) is 10.6. The zero-order chi connectivity index (χ0) is 17.2. The third kappa shape index (κ3) is 2.27. The van der Waals surface area contributed by atoms with Gasteiger partial charge in [0.15, 0.2) is 0 Å². The molecule has 3 rings (SSSR count). The van der Waals surface area contributed by atoms with Crippen molar-refractivity contribution in [2.45, 2.75) is 71.7 Å². The molecular weight excluding hydrogens is 288 g/mol. The van der Waals surface area contributed by atoms with Crippen LogP contribution in [0.1, 0.15) is 53.4 Å². The zero-order valence-electron chi connectivity index (χ0n) is 14.9. The van der Waals surface area contributed by atoms with E-state index < -0.39 is 23.7 Å². The molecule has 3 N–H and O–H groups in total. The van der Waals surface area contributed by atoms with Gasteiger partial charge in [0.05, 0.1) is 18.3 Å². The van der Waals surface area contributed by atoms with Crippen molar-refractivity contribution in [3.8, 4) is 0 Å². The lowest BCUT2D eigenvalue weighted by Gasteiger charge is -2.63. The summed E-state index contributed by atoms with van der Waals surface area (Å²) in [4.78, 5) is 0. The van der Waals surface area contributed by atoms with E-state index in [-0.39, 0.29) is 22.7 Å². The standard InChI is InChI=1S/C20H32O3/c1-6-19(4)8-7-13-12(11-19)9-14(21)17-18(2,3)15(22)10-16(23)20(13,17)5/h6,11,13-17,21-23H,1,7-10H2,2-5H3/t13-,14+,15+,16-,17-,19-,20-/m0/s1. The minimum Gasteiger partial charge on any atom is -0.392 e. The zero-order valence-corrected chi connectivity index (χ0v) is 14.9. The number of fused-ring (bicyclic) bond motifs is 3. The van der Waals surface area contributed by atoms with Crippen molar-refractivity contribution in [3.05, 3.63) is 24.3 Å². The van der Waals surface area contributed by atoms with Crippen molar-refractivity contribution in [3.63, 3.8) is 0 Å². The van der Waals surface area contributed by atoms with Crippen LogP contribution >= 0.6 is 0 Å². The predicted octanol–water partition coefficient (Wildman–Crippen LogP) is 3.05. The molecule has 0 aliphatic heterocycles. The molecule has 0 heterocycles. The molecule has 0 aromatic carbocycles. The molecule has 130 valence electrons. The average molecular weight is 320 g/mol. The molecule has 0 unspecified atom stereocenters. The third-order valence-corrected chi connectivity index (χ3v) is 7.48. The minimum absolute atomic E-state index is 0.0105. The van der Waals surface area contributed by atoms with Gasteiger partial charge in [-0.05, 0) is 30.6 Å². The number of rotatable bonds is 1. The fourth-order valence-electron chi connectivity index (χ4n) is 6.01. The Morgan fingerprint density at radius 1 is 1.13 bits per heavy atom. The van der Waals surface area contributed by atoms with Gasteiger partial charge >= 0.3 is 0 Å². The Bertz CT molecular complexity index is 537. The fraction of sp³-hybridized carbons (Fsp3) is 0.800. The molecule has 0 aromatic heterocycles. The maximum absolute atomic E-state index is 10.9. The lowest BCUT2D eigenvalue weighted by Crippen LogP contribution is -2.65. The highest BCUT2D eigenvalue weighted by molar-refractivity contribution is 5.29. The van der Waals surface area contributed by atoms with Gasteiger partial charge in [0.2, 0.25) is 0 Å². The second kappa shape index (κ2) is 5.18. The summed E-state index contributed by atoms with van der Waals surface area (Å²) in [5, 5.41) is 32.3. The highest BCUT2D eigenvalue weighted by atomic mass is 16.3. The highest BCUT2D eigenvalue weighted by Gasteiger charge is 2.63. The van der Waals surface area contributed by atoms with Crippen LogP contribution in [0.2, 0.25) is 0 Å². The van der Waals surface area contributed by atoms with Gasteiger partial charge in [-0.1, -0.05) is 45.4 Å². The van der Waals surface area contributed by atoms with Gasteiger partial charge in [-0.2, -0.15) is 0 Å². The lowest BCUT2D eigenvalue weighted by atomic mass is 9.43. The van der Waals surface area contributed by atoms with Crippen LogP contribution in [0.4, 0.5) is 0 Å². The van der Waals surface area contributed by atoms with Crippen molar-refractivity contribution in [1.29, 1.82) is 0 Å². The maximum Gasteiger partial charge on any atom is 0.0628 e. The predicted molar refractivity (Wildman–Crippen MR) is 91.7 cm³/mol. The molecule has 0 radical (unpaired) electrons. The average Bonchev–Trinajstić information content (AvgIpc) is 2.44. The van der Waals surface area contributed by atoms with E-state index in [2.05, 4.69) is 26.5 Å². The molecule has 23 heavy (non-hydrogen) atoms. The lowest BCUT2D eigenvalue weighted by molar-refractivity contribution is -0.218. The summed E-state index contributed by atoms with van der Waals surface area (Å²) in [6.07, 6.45) is 5.70. The summed E-state index contributed by atoms with van der Waals surface area (Å²) < 4.78 is 0. The van der Waals surface area contributed by atoms with Crippen LogP contribution in [-0.2, 0) is 0 Å². The van der Waals surface area contributed by atoms with E-state index in [1.165, 1.54) is 5.57 Å². The van der Waals surface area contributed by atoms with E-state index in [1.54, 1.807) is 0 Å². The van der Waals surface area contributed by atoms with Crippen LogP contribution in [0.3, 0.4) is 0 Å². The van der Waals surface area contributed by atoms with Crippen molar-refractivity contribution in [1.82, 2.24) is 0 Å². The number of allylic oxidation sites excluding steroid dienone is 2.